The maximum Gasteiger partial charge on any atom is 0.337 e. The van der Waals surface area contributed by atoms with E-state index in [1.54, 1.807) is 6.07 Å². The number of halogens is 2. The molecule has 1 aromatic carbocycles. The van der Waals surface area contributed by atoms with E-state index in [9.17, 15) is 23.5 Å². The molecule has 1 fully saturated rings. The van der Waals surface area contributed by atoms with Crippen molar-refractivity contribution in [3.05, 3.63) is 57.7 Å². The number of carbonyl (C=O) groups excluding carboxylic acids is 1. The first-order valence-corrected chi connectivity index (χ1v) is 8.00. The number of cyclic esters (lactones) is 1. The van der Waals surface area contributed by atoms with Gasteiger partial charge in [0.05, 0.1) is 28.5 Å². The number of hydrogen-bond donors (Lipinski definition) is 2. The molecule has 3 aliphatic rings. The molecule has 0 aromatic heterocycles. The smallest absolute Gasteiger partial charge is 0.337 e. The van der Waals surface area contributed by atoms with Gasteiger partial charge in [0.15, 0.2) is 0 Å². The molecule has 7 heteroatoms. The zero-order chi connectivity index (χ0) is 17.7. The average molecular weight is 347 g/mol. The topological polar surface area (TPSA) is 75.6 Å². The molecule has 2 heterocycles. The lowest BCUT2D eigenvalue weighted by atomic mass is 9.78. The first-order chi connectivity index (χ1) is 12.0. The Morgan fingerprint density at radius 1 is 1.36 bits per heavy atom. The molecular formula is C18H15F2NO4. The number of carbonyl (C=O) groups is 2. The monoisotopic (exact) mass is 347 g/mol. The Morgan fingerprint density at radius 3 is 2.76 bits per heavy atom. The minimum Gasteiger partial charge on any atom is -0.478 e. The van der Waals surface area contributed by atoms with E-state index in [1.165, 1.54) is 12.1 Å². The number of allylic oxidation sites excluding steroid dienone is 1. The number of carboxylic acids is 1. The van der Waals surface area contributed by atoms with E-state index in [2.05, 4.69) is 5.32 Å². The van der Waals surface area contributed by atoms with Crippen molar-refractivity contribution >= 4 is 11.9 Å². The van der Waals surface area contributed by atoms with E-state index in [4.69, 9.17) is 4.74 Å². The minimum atomic E-state index is -1.34. The van der Waals surface area contributed by atoms with Gasteiger partial charge >= 0.3 is 11.9 Å². The zero-order valence-corrected chi connectivity index (χ0v) is 13.1. The largest absolute Gasteiger partial charge is 0.478 e. The highest BCUT2D eigenvalue weighted by atomic mass is 19.1. The number of benzene rings is 1. The molecule has 0 spiro atoms. The number of dihydropyridines is 1. The van der Waals surface area contributed by atoms with Gasteiger partial charge in [-0.2, -0.15) is 0 Å². The van der Waals surface area contributed by atoms with Crippen LogP contribution in [0.5, 0.6) is 0 Å². The first-order valence-electron chi connectivity index (χ1n) is 8.00. The third kappa shape index (κ3) is 2.42. The van der Waals surface area contributed by atoms with Crippen LogP contribution in [-0.4, -0.2) is 30.3 Å². The molecule has 1 aliphatic carbocycles. The molecule has 2 aliphatic heterocycles. The predicted molar refractivity (Wildman–Crippen MR) is 82.9 cm³/mol. The van der Waals surface area contributed by atoms with Gasteiger partial charge < -0.3 is 15.2 Å². The molecule has 130 valence electrons. The molecule has 0 bridgehead atoms. The molecule has 1 aromatic rings. The van der Waals surface area contributed by atoms with Crippen molar-refractivity contribution in [2.45, 2.75) is 24.7 Å². The quantitative estimate of drug-likeness (QED) is 0.819. The van der Waals surface area contributed by atoms with Gasteiger partial charge in [-0.3, -0.25) is 0 Å². The van der Waals surface area contributed by atoms with Gasteiger partial charge in [-0.1, -0.05) is 12.1 Å². The van der Waals surface area contributed by atoms with Crippen LogP contribution in [0, 0.1) is 5.82 Å². The first kappa shape index (κ1) is 15.8. The summed E-state index contributed by atoms with van der Waals surface area (Å²) in [4.78, 5) is 24.1. The van der Waals surface area contributed by atoms with Crippen LogP contribution in [0.3, 0.4) is 0 Å². The van der Waals surface area contributed by atoms with Gasteiger partial charge in [-0.05, 0) is 36.0 Å². The normalized spacial score (nSPS) is 22.6. The number of rotatable bonds is 4. The Balaban J connectivity index is 1.97. The fourth-order valence-corrected chi connectivity index (χ4v) is 3.66. The van der Waals surface area contributed by atoms with E-state index < -0.39 is 30.3 Å². The van der Waals surface area contributed by atoms with Crippen LogP contribution in [0.4, 0.5) is 8.78 Å². The van der Waals surface area contributed by atoms with Crippen molar-refractivity contribution in [2.24, 2.45) is 0 Å². The lowest BCUT2D eigenvalue weighted by Gasteiger charge is -2.28. The maximum absolute atomic E-state index is 14.5. The second-order valence-electron chi connectivity index (χ2n) is 6.37. The molecule has 0 saturated heterocycles. The van der Waals surface area contributed by atoms with Gasteiger partial charge in [0.25, 0.3) is 0 Å². The molecule has 5 nitrogen and oxygen atoms in total. The summed E-state index contributed by atoms with van der Waals surface area (Å²) < 4.78 is 32.9. The third-order valence-corrected chi connectivity index (χ3v) is 4.84. The molecule has 0 unspecified atom stereocenters. The molecular weight excluding hydrogens is 332 g/mol. The fraction of sp³-hybridized carbons (Fsp3) is 0.333. The molecule has 1 atom stereocenters. The van der Waals surface area contributed by atoms with Gasteiger partial charge in [-0.25, -0.2) is 18.4 Å². The SMILES string of the molecule is O=C(O)C1=C(CF)NC2=C(C(=O)OC2)[C@@H]1c1cccc(F)c1C1CC1. The van der Waals surface area contributed by atoms with Gasteiger partial charge in [-0.15, -0.1) is 0 Å². The molecule has 0 radical (unpaired) electrons. The van der Waals surface area contributed by atoms with Crippen molar-refractivity contribution in [1.29, 1.82) is 0 Å². The highest BCUT2D eigenvalue weighted by Gasteiger charge is 2.44. The molecule has 2 N–H and O–H groups in total. The van der Waals surface area contributed by atoms with Crippen LogP contribution in [0.2, 0.25) is 0 Å². The number of carboxylic acid groups (broad SMARTS) is 1. The van der Waals surface area contributed by atoms with Crippen LogP contribution in [0.25, 0.3) is 0 Å². The second-order valence-corrected chi connectivity index (χ2v) is 6.37. The van der Waals surface area contributed by atoms with Crippen molar-refractivity contribution in [1.82, 2.24) is 5.32 Å². The van der Waals surface area contributed by atoms with Crippen LogP contribution < -0.4 is 5.32 Å². The Morgan fingerprint density at radius 2 is 2.12 bits per heavy atom. The van der Waals surface area contributed by atoms with Gasteiger partial charge in [0.2, 0.25) is 0 Å². The number of ether oxygens (including phenoxy) is 1. The van der Waals surface area contributed by atoms with E-state index in [0.29, 0.717) is 16.8 Å². The molecule has 1 saturated carbocycles. The fourth-order valence-electron chi connectivity index (χ4n) is 3.66. The standard InChI is InChI=1S/C18H15F2NO4/c19-6-11-15(17(22)23)14(16-12(21-11)7-25-18(16)24)9-2-1-3-10(20)13(9)8-4-5-8/h1-3,8,14,21H,4-7H2,(H,22,23)/t14-/m1/s1. The van der Waals surface area contributed by atoms with E-state index in [1.807, 2.05) is 0 Å². The summed E-state index contributed by atoms with van der Waals surface area (Å²) in [5.41, 5.74) is 0.894. The number of alkyl halides is 1. The Kier molecular flexibility index (Phi) is 3.59. The Bertz CT molecular complexity index is 855. The number of aliphatic carboxylic acids is 1. The third-order valence-electron chi connectivity index (χ3n) is 4.84. The van der Waals surface area contributed by atoms with Gasteiger partial charge in [0, 0.05) is 0 Å². The summed E-state index contributed by atoms with van der Waals surface area (Å²) in [6.07, 6.45) is 1.61. The lowest BCUT2D eigenvalue weighted by Crippen LogP contribution is -2.31. The molecule has 4 rings (SSSR count). The number of esters is 1. The van der Waals surface area contributed by atoms with Gasteiger partial charge in [0.1, 0.15) is 19.1 Å². The highest BCUT2D eigenvalue weighted by molar-refractivity contribution is 6.00. The number of nitrogens with one attached hydrogen (secondary N) is 1. The second kappa shape index (κ2) is 5.68. The Labute approximate surface area is 142 Å². The van der Waals surface area contributed by atoms with Crippen LogP contribution in [0.1, 0.15) is 35.8 Å². The summed E-state index contributed by atoms with van der Waals surface area (Å²) in [6.45, 7) is -1.10. The Hall–Kier alpha value is -2.70. The highest BCUT2D eigenvalue weighted by Crippen LogP contribution is 2.49. The van der Waals surface area contributed by atoms with Crippen LogP contribution >= 0.6 is 0 Å². The molecule has 0 amide bonds. The van der Waals surface area contributed by atoms with Crippen LogP contribution in [-0.2, 0) is 14.3 Å². The van der Waals surface area contributed by atoms with E-state index in [0.717, 1.165) is 12.8 Å². The van der Waals surface area contributed by atoms with Crippen molar-refractivity contribution in [3.8, 4) is 0 Å². The summed E-state index contributed by atoms with van der Waals surface area (Å²) in [6, 6.07) is 4.41. The van der Waals surface area contributed by atoms with Crippen LogP contribution in [0.15, 0.2) is 40.7 Å². The number of hydrogen-bond acceptors (Lipinski definition) is 4. The van der Waals surface area contributed by atoms with Crippen molar-refractivity contribution in [2.75, 3.05) is 13.3 Å². The van der Waals surface area contributed by atoms with Crippen molar-refractivity contribution in [3.63, 3.8) is 0 Å². The predicted octanol–water partition coefficient (Wildman–Crippen LogP) is 2.51. The average Bonchev–Trinajstić information content (AvgIpc) is 3.36. The maximum atomic E-state index is 14.5. The van der Waals surface area contributed by atoms with Crippen molar-refractivity contribution < 1.29 is 28.2 Å². The van der Waals surface area contributed by atoms with E-state index in [-0.39, 0.29) is 29.4 Å². The summed E-state index contributed by atoms with van der Waals surface area (Å²) in [5, 5.41) is 12.3. The van der Waals surface area contributed by atoms with E-state index >= 15 is 0 Å². The summed E-state index contributed by atoms with van der Waals surface area (Å²) in [5.74, 6) is -3.48. The minimum absolute atomic E-state index is 0.00330. The molecule has 25 heavy (non-hydrogen) atoms. The zero-order valence-electron chi connectivity index (χ0n) is 13.1. The lowest BCUT2D eigenvalue weighted by molar-refractivity contribution is -0.136. The summed E-state index contributed by atoms with van der Waals surface area (Å²) in [7, 11) is 0. The summed E-state index contributed by atoms with van der Waals surface area (Å²) >= 11 is 0.